The van der Waals surface area contributed by atoms with Crippen LogP contribution in [-0.2, 0) is 0 Å². The van der Waals surface area contributed by atoms with Crippen molar-refractivity contribution in [3.8, 4) is 11.5 Å². The second-order valence-electron chi connectivity index (χ2n) is 6.55. The topological polar surface area (TPSA) is 85.4 Å². The molecule has 3 rings (SSSR count). The third kappa shape index (κ3) is 5.84. The van der Waals surface area contributed by atoms with Crippen LogP contribution in [-0.4, -0.2) is 42.2 Å². The number of amides is 1. The van der Waals surface area contributed by atoms with Crippen molar-refractivity contribution in [1.29, 1.82) is 0 Å². The minimum absolute atomic E-state index is 0.101. The molecular weight excluding hydrogens is 344 g/mol. The van der Waals surface area contributed by atoms with E-state index in [9.17, 15) is 4.79 Å². The van der Waals surface area contributed by atoms with Gasteiger partial charge in [-0.1, -0.05) is 19.3 Å². The Labute approximate surface area is 159 Å². The van der Waals surface area contributed by atoms with Crippen LogP contribution in [0.5, 0.6) is 11.5 Å². The first kappa shape index (κ1) is 18.9. The normalized spacial score (nSPS) is 14.4. The van der Waals surface area contributed by atoms with E-state index in [1.807, 2.05) is 24.3 Å². The van der Waals surface area contributed by atoms with Crippen LogP contribution in [0.25, 0.3) is 0 Å². The highest BCUT2D eigenvalue weighted by Crippen LogP contribution is 2.18. The number of methoxy groups -OCH3 is 1. The summed E-state index contributed by atoms with van der Waals surface area (Å²) in [5.41, 5.74) is 0.487. The van der Waals surface area contributed by atoms with Gasteiger partial charge in [0.25, 0.3) is 5.91 Å². The minimum atomic E-state index is -0.101. The van der Waals surface area contributed by atoms with Crippen LogP contribution in [0.4, 0.5) is 5.95 Å². The van der Waals surface area contributed by atoms with Crippen LogP contribution in [0.15, 0.2) is 36.7 Å². The number of carbonyl (C=O) groups excluding carboxylic acids is 1. The Bertz CT molecular complexity index is 713. The number of ether oxygens (including phenoxy) is 2. The van der Waals surface area contributed by atoms with Crippen molar-refractivity contribution in [1.82, 2.24) is 15.3 Å². The monoisotopic (exact) mass is 370 g/mol. The fourth-order valence-electron chi connectivity index (χ4n) is 3.06. The predicted molar refractivity (Wildman–Crippen MR) is 103 cm³/mol. The van der Waals surface area contributed by atoms with Gasteiger partial charge in [0.1, 0.15) is 18.1 Å². The Morgan fingerprint density at radius 2 is 1.74 bits per heavy atom. The molecule has 0 atom stereocenters. The largest absolute Gasteiger partial charge is 0.497 e. The number of carbonyl (C=O) groups is 1. The van der Waals surface area contributed by atoms with Crippen molar-refractivity contribution in [2.24, 2.45) is 0 Å². The molecule has 0 bridgehead atoms. The minimum Gasteiger partial charge on any atom is -0.497 e. The van der Waals surface area contributed by atoms with Crippen molar-refractivity contribution >= 4 is 11.9 Å². The molecule has 0 aliphatic heterocycles. The second-order valence-corrected chi connectivity index (χ2v) is 6.55. The molecule has 1 amide bonds. The van der Waals surface area contributed by atoms with Crippen molar-refractivity contribution in [3.05, 3.63) is 42.2 Å². The summed E-state index contributed by atoms with van der Waals surface area (Å²) in [6.45, 7) is 1.03. The lowest BCUT2D eigenvalue weighted by Crippen LogP contribution is -2.36. The van der Waals surface area contributed by atoms with E-state index in [4.69, 9.17) is 9.47 Å². The van der Waals surface area contributed by atoms with Gasteiger partial charge in [0.2, 0.25) is 5.95 Å². The molecule has 27 heavy (non-hydrogen) atoms. The molecule has 7 heteroatoms. The highest BCUT2D eigenvalue weighted by atomic mass is 16.5. The Hall–Kier alpha value is -2.83. The second kappa shape index (κ2) is 9.75. The van der Waals surface area contributed by atoms with Crippen LogP contribution in [0.2, 0.25) is 0 Å². The van der Waals surface area contributed by atoms with Crippen molar-refractivity contribution in [2.45, 2.75) is 38.1 Å². The molecule has 1 aromatic heterocycles. The summed E-state index contributed by atoms with van der Waals surface area (Å²) in [7, 11) is 1.63. The summed E-state index contributed by atoms with van der Waals surface area (Å²) < 4.78 is 10.7. The Kier molecular flexibility index (Phi) is 6.84. The molecule has 2 aromatic rings. The zero-order chi connectivity index (χ0) is 18.9. The Morgan fingerprint density at radius 3 is 2.41 bits per heavy atom. The van der Waals surface area contributed by atoms with Crippen LogP contribution in [0.1, 0.15) is 42.5 Å². The lowest BCUT2D eigenvalue weighted by molar-refractivity contribution is 0.0927. The molecule has 1 aliphatic rings. The quantitative estimate of drug-likeness (QED) is 0.695. The van der Waals surface area contributed by atoms with Crippen molar-refractivity contribution in [2.75, 3.05) is 25.6 Å². The third-order valence-electron chi connectivity index (χ3n) is 4.57. The van der Waals surface area contributed by atoms with Crippen LogP contribution in [0, 0.1) is 0 Å². The van der Waals surface area contributed by atoms with Gasteiger partial charge >= 0.3 is 0 Å². The molecule has 0 saturated heterocycles. The molecule has 1 aliphatic carbocycles. The summed E-state index contributed by atoms with van der Waals surface area (Å²) in [5, 5.41) is 6.15. The van der Waals surface area contributed by atoms with Gasteiger partial charge in [-0.15, -0.1) is 0 Å². The van der Waals surface area contributed by atoms with Gasteiger partial charge in [-0.2, -0.15) is 0 Å². The van der Waals surface area contributed by atoms with Gasteiger partial charge in [0, 0.05) is 18.4 Å². The third-order valence-corrected chi connectivity index (χ3v) is 4.57. The number of nitrogens with zero attached hydrogens (tertiary/aromatic N) is 2. The number of benzene rings is 1. The molecule has 1 saturated carbocycles. The molecule has 0 radical (unpaired) electrons. The van der Waals surface area contributed by atoms with E-state index in [1.165, 1.54) is 19.3 Å². The van der Waals surface area contributed by atoms with Gasteiger partial charge in [-0.05, 0) is 37.1 Å². The van der Waals surface area contributed by atoms with E-state index in [0.717, 1.165) is 24.3 Å². The summed E-state index contributed by atoms with van der Waals surface area (Å²) in [6, 6.07) is 7.69. The Balaban J connectivity index is 1.39. The van der Waals surface area contributed by atoms with Crippen LogP contribution >= 0.6 is 0 Å². The maximum Gasteiger partial charge on any atom is 0.254 e. The summed E-state index contributed by atoms with van der Waals surface area (Å²) in [4.78, 5) is 20.7. The molecule has 1 fully saturated rings. The molecule has 144 valence electrons. The molecule has 0 unspecified atom stereocenters. The van der Waals surface area contributed by atoms with Crippen LogP contribution < -0.4 is 20.1 Å². The highest BCUT2D eigenvalue weighted by Gasteiger charge is 2.17. The SMILES string of the molecule is COc1ccc(OCCNc2ncc(C(=O)NC3CCCCC3)cn2)cc1. The molecule has 1 heterocycles. The number of anilines is 1. The van der Waals surface area contributed by atoms with E-state index in [1.54, 1.807) is 19.5 Å². The first-order chi connectivity index (χ1) is 13.2. The smallest absolute Gasteiger partial charge is 0.254 e. The first-order valence-electron chi connectivity index (χ1n) is 9.38. The first-order valence-corrected chi connectivity index (χ1v) is 9.38. The molecular formula is C20H26N4O3. The van der Waals surface area contributed by atoms with Gasteiger partial charge < -0.3 is 20.1 Å². The van der Waals surface area contributed by atoms with E-state index < -0.39 is 0 Å². The zero-order valence-electron chi connectivity index (χ0n) is 15.6. The standard InChI is InChI=1S/C20H26N4O3/c1-26-17-7-9-18(10-8-17)27-12-11-21-20-22-13-15(14-23-20)19(25)24-16-5-3-2-4-6-16/h7-10,13-14,16H,2-6,11-12H2,1H3,(H,24,25)(H,21,22,23). The number of hydrogen-bond donors (Lipinski definition) is 2. The average molecular weight is 370 g/mol. The van der Waals surface area contributed by atoms with Crippen molar-refractivity contribution < 1.29 is 14.3 Å². The van der Waals surface area contributed by atoms with Gasteiger partial charge in [-0.3, -0.25) is 4.79 Å². The van der Waals surface area contributed by atoms with Gasteiger partial charge in [0.05, 0.1) is 19.2 Å². The summed E-state index contributed by atoms with van der Waals surface area (Å²) >= 11 is 0. The van der Waals surface area contributed by atoms with Crippen LogP contribution in [0.3, 0.4) is 0 Å². The van der Waals surface area contributed by atoms with Crippen molar-refractivity contribution in [3.63, 3.8) is 0 Å². The maximum absolute atomic E-state index is 12.2. The number of rotatable bonds is 8. The Morgan fingerprint density at radius 1 is 1.07 bits per heavy atom. The fraction of sp³-hybridized carbons (Fsp3) is 0.450. The lowest BCUT2D eigenvalue weighted by atomic mass is 9.95. The molecule has 0 spiro atoms. The summed E-state index contributed by atoms with van der Waals surface area (Å²) in [6.07, 6.45) is 8.85. The maximum atomic E-state index is 12.2. The fourth-order valence-corrected chi connectivity index (χ4v) is 3.06. The van der Waals surface area contributed by atoms with E-state index in [0.29, 0.717) is 24.7 Å². The highest BCUT2D eigenvalue weighted by molar-refractivity contribution is 5.93. The zero-order valence-corrected chi connectivity index (χ0v) is 15.6. The molecule has 1 aromatic carbocycles. The number of aromatic nitrogens is 2. The van der Waals surface area contributed by atoms with Gasteiger partial charge in [0.15, 0.2) is 0 Å². The number of nitrogens with one attached hydrogen (secondary N) is 2. The molecule has 7 nitrogen and oxygen atoms in total. The van der Waals surface area contributed by atoms with Gasteiger partial charge in [-0.25, -0.2) is 9.97 Å². The molecule has 2 N–H and O–H groups in total. The van der Waals surface area contributed by atoms with E-state index in [-0.39, 0.29) is 11.9 Å². The average Bonchev–Trinajstić information content (AvgIpc) is 2.73. The van der Waals surface area contributed by atoms with E-state index in [2.05, 4.69) is 20.6 Å². The predicted octanol–water partition coefficient (Wildman–Crippen LogP) is 3.04. The van der Waals surface area contributed by atoms with E-state index >= 15 is 0 Å². The number of hydrogen-bond acceptors (Lipinski definition) is 6. The lowest BCUT2D eigenvalue weighted by Gasteiger charge is -2.22. The summed E-state index contributed by atoms with van der Waals surface area (Å²) in [5.74, 6) is 1.94.